The van der Waals surface area contributed by atoms with Gasteiger partial charge in [-0.25, -0.2) is 9.78 Å². The zero-order valence-corrected chi connectivity index (χ0v) is 19.9. The van der Waals surface area contributed by atoms with Crippen molar-refractivity contribution in [2.75, 3.05) is 27.9 Å². The van der Waals surface area contributed by atoms with Gasteiger partial charge in [0.1, 0.15) is 22.9 Å². The summed E-state index contributed by atoms with van der Waals surface area (Å²) >= 11 is 0. The quantitative estimate of drug-likeness (QED) is 0.287. The molecular formula is C28H27NO6. The molecule has 0 atom stereocenters. The predicted octanol–water partition coefficient (Wildman–Crippen LogP) is 5.36. The minimum absolute atomic E-state index is 0.131. The molecule has 0 N–H and O–H groups in total. The van der Waals surface area contributed by atoms with Crippen LogP contribution in [-0.4, -0.2) is 38.9 Å². The highest BCUT2D eigenvalue weighted by Crippen LogP contribution is 2.35. The first kappa shape index (κ1) is 23.9. The van der Waals surface area contributed by atoms with Crippen LogP contribution in [0.25, 0.3) is 22.6 Å². The second kappa shape index (κ2) is 11.2. The topological polar surface area (TPSA) is 80.0 Å². The van der Waals surface area contributed by atoms with Gasteiger partial charge in [0, 0.05) is 17.5 Å². The Hall–Kier alpha value is -4.26. The molecule has 4 rings (SSSR count). The summed E-state index contributed by atoms with van der Waals surface area (Å²) in [6.07, 6.45) is 1.27. The Morgan fingerprint density at radius 2 is 1.46 bits per heavy atom. The number of hydrogen-bond donors (Lipinski definition) is 0. The van der Waals surface area contributed by atoms with Crippen LogP contribution in [-0.2, 0) is 22.4 Å². The normalized spacial score (nSPS) is 10.6. The highest BCUT2D eigenvalue weighted by molar-refractivity contribution is 5.78. The molecule has 7 nitrogen and oxygen atoms in total. The van der Waals surface area contributed by atoms with Gasteiger partial charge in [-0.3, -0.25) is 0 Å². The van der Waals surface area contributed by atoms with Crippen LogP contribution < -0.4 is 14.2 Å². The van der Waals surface area contributed by atoms with Crippen molar-refractivity contribution in [2.45, 2.75) is 12.8 Å². The third-order valence-corrected chi connectivity index (χ3v) is 5.46. The van der Waals surface area contributed by atoms with Gasteiger partial charge < -0.3 is 23.4 Å². The van der Waals surface area contributed by atoms with E-state index in [0.29, 0.717) is 30.2 Å². The lowest BCUT2D eigenvalue weighted by atomic mass is 10.1. The molecule has 3 aromatic carbocycles. The van der Waals surface area contributed by atoms with E-state index in [-0.39, 0.29) is 6.61 Å². The summed E-state index contributed by atoms with van der Waals surface area (Å²) in [5.41, 5.74) is 3.55. The molecule has 1 heterocycles. The lowest BCUT2D eigenvalue weighted by Crippen LogP contribution is -2.12. The second-order valence-corrected chi connectivity index (χ2v) is 7.76. The summed E-state index contributed by atoms with van der Waals surface area (Å²) in [6.45, 7) is -0.131. The molecule has 0 saturated carbocycles. The van der Waals surface area contributed by atoms with Gasteiger partial charge in [-0.05, 0) is 48.4 Å². The highest BCUT2D eigenvalue weighted by atomic mass is 16.6. The molecule has 0 aliphatic rings. The fourth-order valence-corrected chi connectivity index (χ4v) is 3.64. The first-order chi connectivity index (χ1) is 17.1. The van der Waals surface area contributed by atoms with Crippen LogP contribution in [0.3, 0.4) is 0 Å². The van der Waals surface area contributed by atoms with E-state index >= 15 is 0 Å². The fourth-order valence-electron chi connectivity index (χ4n) is 3.64. The Kier molecular flexibility index (Phi) is 7.67. The average Bonchev–Trinajstić information content (AvgIpc) is 3.35. The number of hydrogen-bond acceptors (Lipinski definition) is 7. The number of oxazole rings is 1. The van der Waals surface area contributed by atoms with E-state index in [1.165, 1.54) is 7.11 Å². The van der Waals surface area contributed by atoms with E-state index in [0.717, 1.165) is 33.9 Å². The van der Waals surface area contributed by atoms with E-state index in [9.17, 15) is 4.79 Å². The van der Waals surface area contributed by atoms with Crippen LogP contribution in [0.15, 0.2) is 77.2 Å². The number of carbonyl (C=O) groups excluding carboxylic acids is 1. The molecule has 0 unspecified atom stereocenters. The fraction of sp³-hybridized carbons (Fsp3) is 0.214. The summed E-state index contributed by atoms with van der Waals surface area (Å²) in [7, 11) is 4.61. The standard InChI is InChI=1S/C28H27NO6/c1-31-22-10-5-8-20(16-22)27-28(21-9-6-11-23(17-21)32-2)35-25(29-27)14-13-19-7-4-12-24(15-19)34-18-26(30)33-3/h4-12,15-17H,13-14,18H2,1-3H3. The molecule has 35 heavy (non-hydrogen) atoms. The molecule has 0 aliphatic carbocycles. The largest absolute Gasteiger partial charge is 0.497 e. The summed E-state index contributed by atoms with van der Waals surface area (Å²) < 4.78 is 27.2. The van der Waals surface area contributed by atoms with Gasteiger partial charge in [0.15, 0.2) is 18.3 Å². The number of nitrogens with zero attached hydrogens (tertiary/aromatic N) is 1. The molecule has 0 fully saturated rings. The molecule has 180 valence electrons. The smallest absolute Gasteiger partial charge is 0.343 e. The van der Waals surface area contributed by atoms with Crippen molar-refractivity contribution >= 4 is 5.97 Å². The molecule has 0 spiro atoms. The lowest BCUT2D eigenvalue weighted by Gasteiger charge is -2.06. The molecule has 0 amide bonds. The minimum atomic E-state index is -0.426. The number of ether oxygens (including phenoxy) is 4. The molecule has 0 bridgehead atoms. The lowest BCUT2D eigenvalue weighted by molar-refractivity contribution is -0.142. The average molecular weight is 474 g/mol. The van der Waals surface area contributed by atoms with Crippen molar-refractivity contribution < 1.29 is 28.2 Å². The first-order valence-electron chi connectivity index (χ1n) is 11.2. The Balaban J connectivity index is 1.60. The molecule has 0 radical (unpaired) electrons. The van der Waals surface area contributed by atoms with Crippen molar-refractivity contribution in [1.82, 2.24) is 4.98 Å². The minimum Gasteiger partial charge on any atom is -0.497 e. The summed E-state index contributed by atoms with van der Waals surface area (Å²) in [4.78, 5) is 16.2. The van der Waals surface area contributed by atoms with Gasteiger partial charge in [0.05, 0.1) is 21.3 Å². The molecule has 0 aliphatic heterocycles. The highest BCUT2D eigenvalue weighted by Gasteiger charge is 2.18. The third-order valence-electron chi connectivity index (χ3n) is 5.46. The van der Waals surface area contributed by atoms with Crippen molar-refractivity contribution in [3.63, 3.8) is 0 Å². The SMILES string of the molecule is COC(=O)COc1cccc(CCc2nc(-c3cccc(OC)c3)c(-c3cccc(OC)c3)o2)c1. The second-order valence-electron chi connectivity index (χ2n) is 7.76. The van der Waals surface area contributed by atoms with E-state index in [1.54, 1.807) is 20.3 Å². The maximum Gasteiger partial charge on any atom is 0.343 e. The molecule has 0 saturated heterocycles. The Morgan fingerprint density at radius 3 is 2.17 bits per heavy atom. The summed E-state index contributed by atoms with van der Waals surface area (Å²) in [5.74, 6) is 2.94. The van der Waals surface area contributed by atoms with E-state index in [1.807, 2.05) is 66.7 Å². The van der Waals surface area contributed by atoms with E-state index in [2.05, 4.69) is 4.74 Å². The van der Waals surface area contributed by atoms with Gasteiger partial charge in [0.2, 0.25) is 0 Å². The number of rotatable bonds is 10. The van der Waals surface area contributed by atoms with Gasteiger partial charge in [-0.1, -0.05) is 36.4 Å². The zero-order valence-electron chi connectivity index (χ0n) is 19.9. The maximum absolute atomic E-state index is 11.3. The van der Waals surface area contributed by atoms with Crippen molar-refractivity contribution in [2.24, 2.45) is 0 Å². The number of benzene rings is 3. The van der Waals surface area contributed by atoms with Crippen molar-refractivity contribution in [3.8, 4) is 39.8 Å². The van der Waals surface area contributed by atoms with Gasteiger partial charge in [-0.15, -0.1) is 0 Å². The Bertz CT molecular complexity index is 1230. The van der Waals surface area contributed by atoms with Gasteiger partial charge in [0.25, 0.3) is 0 Å². The monoisotopic (exact) mass is 473 g/mol. The predicted molar refractivity (Wildman–Crippen MR) is 132 cm³/mol. The third kappa shape index (κ3) is 6.00. The van der Waals surface area contributed by atoms with E-state index in [4.69, 9.17) is 23.6 Å². The summed E-state index contributed by atoms with van der Waals surface area (Å²) in [5, 5.41) is 0. The van der Waals surface area contributed by atoms with Crippen LogP contribution in [0.4, 0.5) is 0 Å². The number of carbonyl (C=O) groups is 1. The zero-order chi connectivity index (χ0) is 24.6. The Labute approximate surface area is 204 Å². The maximum atomic E-state index is 11.3. The first-order valence-corrected chi connectivity index (χ1v) is 11.2. The molecule has 1 aromatic heterocycles. The molecular weight excluding hydrogens is 446 g/mol. The van der Waals surface area contributed by atoms with E-state index < -0.39 is 5.97 Å². The summed E-state index contributed by atoms with van der Waals surface area (Å²) in [6, 6.07) is 23.0. The van der Waals surface area contributed by atoms with Crippen LogP contribution in [0, 0.1) is 0 Å². The number of esters is 1. The van der Waals surface area contributed by atoms with Crippen molar-refractivity contribution in [3.05, 3.63) is 84.3 Å². The number of aromatic nitrogens is 1. The van der Waals surface area contributed by atoms with Crippen LogP contribution >= 0.6 is 0 Å². The van der Waals surface area contributed by atoms with Crippen LogP contribution in [0.5, 0.6) is 17.2 Å². The van der Waals surface area contributed by atoms with Crippen LogP contribution in [0.2, 0.25) is 0 Å². The molecule has 7 heteroatoms. The Morgan fingerprint density at radius 1 is 0.800 bits per heavy atom. The van der Waals surface area contributed by atoms with Crippen LogP contribution in [0.1, 0.15) is 11.5 Å². The van der Waals surface area contributed by atoms with Crippen molar-refractivity contribution in [1.29, 1.82) is 0 Å². The van der Waals surface area contributed by atoms with Gasteiger partial charge >= 0.3 is 5.97 Å². The van der Waals surface area contributed by atoms with Gasteiger partial charge in [-0.2, -0.15) is 0 Å². The number of aryl methyl sites for hydroxylation is 2. The molecule has 4 aromatic rings. The number of methoxy groups -OCH3 is 3.